The summed E-state index contributed by atoms with van der Waals surface area (Å²) in [7, 11) is 1.65. The Balaban J connectivity index is 1.95. The fraction of sp³-hybridized carbons (Fsp3) is 0.462. The zero-order chi connectivity index (χ0) is 12.3. The average Bonchev–Trinajstić information content (AvgIpc) is 2.78. The summed E-state index contributed by atoms with van der Waals surface area (Å²) in [4.78, 5) is 13.0. The molecule has 0 saturated carbocycles. The number of rotatable bonds is 4. The number of benzene rings is 1. The molecule has 0 spiro atoms. The van der Waals surface area contributed by atoms with E-state index in [0.29, 0.717) is 6.54 Å². The van der Waals surface area contributed by atoms with Crippen LogP contribution < -0.4 is 4.74 Å². The van der Waals surface area contributed by atoms with Gasteiger partial charge in [0.15, 0.2) is 0 Å². The topological polar surface area (TPSA) is 49.8 Å². The Morgan fingerprint density at radius 3 is 3.06 bits per heavy atom. The smallest absolute Gasteiger partial charge is 0.307 e. The molecule has 4 heteroatoms. The van der Waals surface area contributed by atoms with Crippen LogP contribution in [-0.4, -0.2) is 36.2 Å². The molecular formula is C13H17NO3. The highest BCUT2D eigenvalue weighted by atomic mass is 16.5. The molecule has 0 aliphatic carbocycles. The first kappa shape index (κ1) is 11.9. The third kappa shape index (κ3) is 2.97. The summed E-state index contributed by atoms with van der Waals surface area (Å²) in [6.45, 7) is 2.29. The highest BCUT2D eigenvalue weighted by Crippen LogP contribution is 2.20. The molecule has 1 fully saturated rings. The van der Waals surface area contributed by atoms with Crippen LogP contribution in [0.1, 0.15) is 12.0 Å². The van der Waals surface area contributed by atoms with E-state index in [4.69, 9.17) is 9.84 Å². The molecule has 1 heterocycles. The van der Waals surface area contributed by atoms with Crippen LogP contribution in [0.5, 0.6) is 5.75 Å². The summed E-state index contributed by atoms with van der Waals surface area (Å²) >= 11 is 0. The molecule has 1 aromatic carbocycles. The lowest BCUT2D eigenvalue weighted by molar-refractivity contribution is -0.141. The third-order valence-electron chi connectivity index (χ3n) is 3.16. The molecule has 1 unspecified atom stereocenters. The van der Waals surface area contributed by atoms with Crippen molar-refractivity contribution in [1.82, 2.24) is 4.90 Å². The average molecular weight is 235 g/mol. The minimum absolute atomic E-state index is 0.208. The van der Waals surface area contributed by atoms with Crippen LogP contribution >= 0.6 is 0 Å². The monoisotopic (exact) mass is 235 g/mol. The number of hydrogen-bond acceptors (Lipinski definition) is 3. The minimum Gasteiger partial charge on any atom is -0.497 e. The highest BCUT2D eigenvalue weighted by Gasteiger charge is 2.27. The van der Waals surface area contributed by atoms with Crippen LogP contribution in [0.4, 0.5) is 0 Å². The van der Waals surface area contributed by atoms with E-state index in [1.54, 1.807) is 7.11 Å². The molecule has 17 heavy (non-hydrogen) atoms. The summed E-state index contributed by atoms with van der Waals surface area (Å²) in [6.07, 6.45) is 0.749. The third-order valence-corrected chi connectivity index (χ3v) is 3.16. The lowest BCUT2D eigenvalue weighted by atomic mass is 10.1. The van der Waals surface area contributed by atoms with Crippen molar-refractivity contribution >= 4 is 5.97 Å². The summed E-state index contributed by atoms with van der Waals surface area (Å²) < 4.78 is 5.17. The maximum absolute atomic E-state index is 10.9. The van der Waals surface area contributed by atoms with Crippen molar-refractivity contribution in [3.63, 3.8) is 0 Å². The summed E-state index contributed by atoms with van der Waals surface area (Å²) in [5.74, 6) is -0.0461. The Bertz CT molecular complexity index is 405. The maximum Gasteiger partial charge on any atom is 0.307 e. The maximum atomic E-state index is 10.9. The fourth-order valence-corrected chi connectivity index (χ4v) is 2.21. The SMILES string of the molecule is COc1cccc(CN2CCC(C(=O)O)C2)c1. The Morgan fingerprint density at radius 1 is 1.59 bits per heavy atom. The van der Waals surface area contributed by atoms with Gasteiger partial charge in [-0.2, -0.15) is 0 Å². The molecule has 2 rings (SSSR count). The molecule has 1 N–H and O–H groups in total. The standard InChI is InChI=1S/C13H17NO3/c1-17-12-4-2-3-10(7-12)8-14-6-5-11(9-14)13(15)16/h2-4,7,11H,5-6,8-9H2,1H3,(H,15,16). The molecule has 92 valence electrons. The summed E-state index contributed by atoms with van der Waals surface area (Å²) in [6, 6.07) is 7.90. The van der Waals surface area contributed by atoms with E-state index in [1.165, 1.54) is 0 Å². The van der Waals surface area contributed by atoms with Gasteiger partial charge in [0.2, 0.25) is 0 Å². The number of hydrogen-bond donors (Lipinski definition) is 1. The van der Waals surface area contributed by atoms with E-state index in [0.717, 1.165) is 30.8 Å². The highest BCUT2D eigenvalue weighted by molar-refractivity contribution is 5.70. The Labute approximate surface area is 101 Å². The van der Waals surface area contributed by atoms with E-state index in [-0.39, 0.29) is 5.92 Å². The van der Waals surface area contributed by atoms with Gasteiger partial charge in [-0.25, -0.2) is 0 Å². The largest absolute Gasteiger partial charge is 0.497 e. The van der Waals surface area contributed by atoms with Gasteiger partial charge in [-0.15, -0.1) is 0 Å². The quantitative estimate of drug-likeness (QED) is 0.861. The molecule has 0 bridgehead atoms. The van der Waals surface area contributed by atoms with Crippen LogP contribution in [0.15, 0.2) is 24.3 Å². The second-order valence-corrected chi connectivity index (χ2v) is 4.41. The van der Waals surface area contributed by atoms with Gasteiger partial charge >= 0.3 is 5.97 Å². The number of aliphatic carboxylic acids is 1. The molecule has 4 nitrogen and oxygen atoms in total. The number of carboxylic acids is 1. The summed E-state index contributed by atoms with van der Waals surface area (Å²) in [5.41, 5.74) is 1.16. The molecular weight excluding hydrogens is 218 g/mol. The number of carboxylic acid groups (broad SMARTS) is 1. The number of carbonyl (C=O) groups is 1. The number of nitrogens with zero attached hydrogens (tertiary/aromatic N) is 1. The van der Waals surface area contributed by atoms with Crippen LogP contribution in [0, 0.1) is 5.92 Å². The lowest BCUT2D eigenvalue weighted by Crippen LogP contribution is -2.22. The minimum atomic E-state index is -0.682. The van der Waals surface area contributed by atoms with Gasteiger partial charge in [-0.1, -0.05) is 12.1 Å². The van der Waals surface area contributed by atoms with Crippen molar-refractivity contribution in [1.29, 1.82) is 0 Å². The number of ether oxygens (including phenoxy) is 1. The molecule has 1 aliphatic heterocycles. The molecule has 0 aromatic heterocycles. The predicted octanol–water partition coefficient (Wildman–Crippen LogP) is 1.60. The number of methoxy groups -OCH3 is 1. The Hall–Kier alpha value is -1.55. The van der Waals surface area contributed by atoms with Gasteiger partial charge < -0.3 is 9.84 Å². The lowest BCUT2D eigenvalue weighted by Gasteiger charge is -2.15. The van der Waals surface area contributed by atoms with E-state index >= 15 is 0 Å². The van der Waals surface area contributed by atoms with Crippen molar-refractivity contribution in [2.45, 2.75) is 13.0 Å². The predicted molar refractivity (Wildman–Crippen MR) is 64.0 cm³/mol. The van der Waals surface area contributed by atoms with Crippen LogP contribution in [0.25, 0.3) is 0 Å². The Kier molecular flexibility index (Phi) is 3.64. The van der Waals surface area contributed by atoms with Gasteiger partial charge in [0, 0.05) is 13.1 Å². The Morgan fingerprint density at radius 2 is 2.41 bits per heavy atom. The van der Waals surface area contributed by atoms with Crippen molar-refractivity contribution < 1.29 is 14.6 Å². The van der Waals surface area contributed by atoms with Gasteiger partial charge in [0.1, 0.15) is 5.75 Å². The zero-order valence-corrected chi connectivity index (χ0v) is 9.93. The van der Waals surface area contributed by atoms with E-state index in [9.17, 15) is 4.79 Å². The van der Waals surface area contributed by atoms with Crippen molar-refractivity contribution in [3.8, 4) is 5.75 Å². The van der Waals surface area contributed by atoms with Gasteiger partial charge in [0.25, 0.3) is 0 Å². The van der Waals surface area contributed by atoms with Crippen LogP contribution in [0.2, 0.25) is 0 Å². The molecule has 1 saturated heterocycles. The molecule has 1 atom stereocenters. The molecule has 1 aliphatic rings. The van der Waals surface area contributed by atoms with Gasteiger partial charge in [-0.05, 0) is 30.7 Å². The molecule has 0 amide bonds. The van der Waals surface area contributed by atoms with Crippen molar-refractivity contribution in [2.24, 2.45) is 5.92 Å². The summed E-state index contributed by atoms with van der Waals surface area (Å²) in [5, 5.41) is 8.93. The fourth-order valence-electron chi connectivity index (χ4n) is 2.21. The van der Waals surface area contributed by atoms with E-state index < -0.39 is 5.97 Å². The van der Waals surface area contributed by atoms with Crippen molar-refractivity contribution in [3.05, 3.63) is 29.8 Å². The van der Waals surface area contributed by atoms with Crippen LogP contribution in [0.3, 0.4) is 0 Å². The molecule has 0 radical (unpaired) electrons. The van der Waals surface area contributed by atoms with Crippen LogP contribution in [-0.2, 0) is 11.3 Å². The first-order chi connectivity index (χ1) is 8.19. The second kappa shape index (κ2) is 5.19. The van der Waals surface area contributed by atoms with Crippen molar-refractivity contribution in [2.75, 3.05) is 20.2 Å². The molecule has 1 aromatic rings. The van der Waals surface area contributed by atoms with E-state index in [1.807, 2.05) is 24.3 Å². The van der Waals surface area contributed by atoms with Gasteiger partial charge in [0.05, 0.1) is 13.0 Å². The second-order valence-electron chi connectivity index (χ2n) is 4.41. The normalized spacial score (nSPS) is 20.4. The first-order valence-electron chi connectivity index (χ1n) is 5.77. The zero-order valence-electron chi connectivity index (χ0n) is 9.93. The number of likely N-dealkylation sites (tertiary alicyclic amines) is 1. The van der Waals surface area contributed by atoms with Gasteiger partial charge in [-0.3, -0.25) is 9.69 Å². The first-order valence-corrected chi connectivity index (χ1v) is 5.77. The van der Waals surface area contributed by atoms with E-state index in [2.05, 4.69) is 4.90 Å².